The molecule has 4 heteroatoms. The molecule has 0 saturated carbocycles. The van der Waals surface area contributed by atoms with Crippen LogP contribution in [0.1, 0.15) is 35.5 Å². The molecule has 0 amide bonds. The Morgan fingerprint density at radius 3 is 2.88 bits per heavy atom. The summed E-state index contributed by atoms with van der Waals surface area (Å²) in [5.41, 5.74) is 0.863. The number of carbonyl (C=O) groups excluding carboxylic acids is 2. The molecule has 1 heterocycles. The second-order valence-electron chi connectivity index (χ2n) is 3.17. The van der Waals surface area contributed by atoms with E-state index in [0.717, 1.165) is 10.4 Å². The maximum absolute atomic E-state index is 11.2. The van der Waals surface area contributed by atoms with Crippen molar-refractivity contribution in [2.45, 2.75) is 20.3 Å². The molecule has 86 valence electrons. The van der Waals surface area contributed by atoms with Gasteiger partial charge in [0.2, 0.25) is 0 Å². The van der Waals surface area contributed by atoms with E-state index in [9.17, 15) is 9.59 Å². The average molecular weight is 238 g/mol. The number of ether oxygens (including phenoxy) is 1. The Hall–Kier alpha value is -1.42. The van der Waals surface area contributed by atoms with E-state index in [0.29, 0.717) is 6.61 Å². The molecule has 0 aliphatic heterocycles. The summed E-state index contributed by atoms with van der Waals surface area (Å²) in [5.74, 6) is -0.205. The van der Waals surface area contributed by atoms with Crippen LogP contribution in [0, 0.1) is 0 Å². The highest BCUT2D eigenvalue weighted by Gasteiger charge is 2.05. The Bertz CT molecular complexity index is 404. The molecule has 0 aliphatic rings. The molecule has 0 bridgehead atoms. The SMILES string of the molecule is CCOC(=O)CC=Cc1ccsc1C(C)=O. The minimum Gasteiger partial charge on any atom is -0.466 e. The number of esters is 1. The number of Topliss-reactive ketones (excluding diaryl/α,β-unsaturated/α-hetero) is 1. The van der Waals surface area contributed by atoms with Gasteiger partial charge in [0.05, 0.1) is 17.9 Å². The highest BCUT2D eigenvalue weighted by Crippen LogP contribution is 2.18. The lowest BCUT2D eigenvalue weighted by Gasteiger charge is -1.97. The van der Waals surface area contributed by atoms with Crippen LogP contribution in [-0.4, -0.2) is 18.4 Å². The van der Waals surface area contributed by atoms with E-state index in [1.807, 2.05) is 11.4 Å². The third-order valence-corrected chi connectivity index (χ3v) is 2.93. The Morgan fingerprint density at radius 2 is 2.25 bits per heavy atom. The van der Waals surface area contributed by atoms with Gasteiger partial charge in [-0.25, -0.2) is 0 Å². The van der Waals surface area contributed by atoms with Crippen molar-refractivity contribution in [1.29, 1.82) is 0 Å². The lowest BCUT2D eigenvalue weighted by atomic mass is 10.2. The summed E-state index contributed by atoms with van der Waals surface area (Å²) in [6.07, 6.45) is 3.73. The van der Waals surface area contributed by atoms with E-state index in [2.05, 4.69) is 0 Å². The zero-order valence-corrected chi connectivity index (χ0v) is 10.2. The van der Waals surface area contributed by atoms with E-state index in [1.165, 1.54) is 18.3 Å². The van der Waals surface area contributed by atoms with Gasteiger partial charge in [-0.2, -0.15) is 0 Å². The lowest BCUT2D eigenvalue weighted by molar-refractivity contribution is -0.142. The molecule has 0 fully saturated rings. The zero-order valence-electron chi connectivity index (χ0n) is 9.36. The van der Waals surface area contributed by atoms with Crippen LogP contribution in [0.15, 0.2) is 17.5 Å². The fourth-order valence-electron chi connectivity index (χ4n) is 1.24. The van der Waals surface area contributed by atoms with Crippen molar-refractivity contribution >= 4 is 29.2 Å². The van der Waals surface area contributed by atoms with E-state index in [1.54, 1.807) is 19.1 Å². The molecule has 0 aromatic carbocycles. The van der Waals surface area contributed by atoms with E-state index in [4.69, 9.17) is 4.74 Å². The van der Waals surface area contributed by atoms with Gasteiger partial charge in [-0.05, 0) is 30.9 Å². The van der Waals surface area contributed by atoms with Gasteiger partial charge >= 0.3 is 5.97 Å². The van der Waals surface area contributed by atoms with Gasteiger partial charge in [-0.1, -0.05) is 12.2 Å². The maximum atomic E-state index is 11.2. The number of ketones is 1. The summed E-state index contributed by atoms with van der Waals surface area (Å²) >= 11 is 1.41. The van der Waals surface area contributed by atoms with Crippen molar-refractivity contribution in [3.8, 4) is 0 Å². The molecule has 16 heavy (non-hydrogen) atoms. The van der Waals surface area contributed by atoms with Crippen LogP contribution in [-0.2, 0) is 9.53 Å². The molecule has 0 radical (unpaired) electrons. The quantitative estimate of drug-likeness (QED) is 0.585. The first kappa shape index (κ1) is 12.6. The highest BCUT2D eigenvalue weighted by atomic mass is 32.1. The van der Waals surface area contributed by atoms with Gasteiger partial charge in [-0.15, -0.1) is 11.3 Å². The summed E-state index contributed by atoms with van der Waals surface area (Å²) in [7, 11) is 0. The summed E-state index contributed by atoms with van der Waals surface area (Å²) in [4.78, 5) is 23.0. The predicted molar refractivity (Wildman–Crippen MR) is 64.6 cm³/mol. The molecule has 3 nitrogen and oxygen atoms in total. The third kappa shape index (κ3) is 3.62. The lowest BCUT2D eigenvalue weighted by Crippen LogP contribution is -2.01. The van der Waals surface area contributed by atoms with E-state index in [-0.39, 0.29) is 18.2 Å². The van der Waals surface area contributed by atoms with Crippen LogP contribution in [0.4, 0.5) is 0 Å². The van der Waals surface area contributed by atoms with Crippen LogP contribution in [0.5, 0.6) is 0 Å². The predicted octanol–water partition coefficient (Wildman–Crippen LogP) is 2.92. The van der Waals surface area contributed by atoms with Crippen molar-refractivity contribution in [1.82, 2.24) is 0 Å². The Kier molecular flexibility index (Phi) is 4.92. The van der Waals surface area contributed by atoms with Crippen molar-refractivity contribution in [3.05, 3.63) is 28.0 Å². The maximum Gasteiger partial charge on any atom is 0.309 e. The summed E-state index contributed by atoms with van der Waals surface area (Å²) < 4.78 is 4.78. The standard InChI is InChI=1S/C12H14O3S/c1-3-15-11(14)6-4-5-10-7-8-16-12(10)9(2)13/h4-5,7-8H,3,6H2,1-2H3. The molecule has 0 N–H and O–H groups in total. The van der Waals surface area contributed by atoms with Crippen molar-refractivity contribution in [3.63, 3.8) is 0 Å². The highest BCUT2D eigenvalue weighted by molar-refractivity contribution is 7.12. The first-order valence-electron chi connectivity index (χ1n) is 5.05. The summed E-state index contributed by atoms with van der Waals surface area (Å²) in [6.45, 7) is 3.70. The topological polar surface area (TPSA) is 43.4 Å². The number of rotatable bonds is 5. The summed E-state index contributed by atoms with van der Waals surface area (Å²) in [5, 5.41) is 1.86. The van der Waals surface area contributed by atoms with Gasteiger partial charge in [0.15, 0.2) is 5.78 Å². The number of hydrogen-bond acceptors (Lipinski definition) is 4. The molecule has 0 aliphatic carbocycles. The van der Waals surface area contributed by atoms with Crippen LogP contribution >= 0.6 is 11.3 Å². The molecule has 1 aromatic rings. The van der Waals surface area contributed by atoms with Crippen LogP contribution in [0.3, 0.4) is 0 Å². The largest absolute Gasteiger partial charge is 0.466 e. The number of hydrogen-bond donors (Lipinski definition) is 0. The first-order chi connectivity index (χ1) is 7.65. The molecule has 0 unspecified atom stereocenters. The number of thiophene rings is 1. The number of carbonyl (C=O) groups is 2. The fraction of sp³-hybridized carbons (Fsp3) is 0.333. The Labute approximate surface area is 98.7 Å². The average Bonchev–Trinajstić information content (AvgIpc) is 2.66. The zero-order chi connectivity index (χ0) is 12.0. The van der Waals surface area contributed by atoms with Gasteiger partial charge in [0, 0.05) is 0 Å². The van der Waals surface area contributed by atoms with Gasteiger partial charge in [-0.3, -0.25) is 9.59 Å². The van der Waals surface area contributed by atoms with Crippen molar-refractivity contribution in [2.75, 3.05) is 6.61 Å². The molecule has 0 atom stereocenters. The van der Waals surface area contributed by atoms with Crippen LogP contribution in [0.25, 0.3) is 6.08 Å². The second-order valence-corrected chi connectivity index (χ2v) is 4.09. The van der Waals surface area contributed by atoms with E-state index < -0.39 is 0 Å². The van der Waals surface area contributed by atoms with Gasteiger partial charge in [0.1, 0.15) is 0 Å². The van der Waals surface area contributed by atoms with Crippen molar-refractivity contribution in [2.24, 2.45) is 0 Å². The van der Waals surface area contributed by atoms with Gasteiger partial charge in [0.25, 0.3) is 0 Å². The smallest absolute Gasteiger partial charge is 0.309 e. The Balaban J connectivity index is 2.59. The minimum absolute atomic E-state index is 0.0470. The molecule has 1 rings (SSSR count). The molecular weight excluding hydrogens is 224 g/mol. The minimum atomic E-state index is -0.252. The molecule has 0 spiro atoms. The fourth-order valence-corrected chi connectivity index (χ4v) is 2.03. The van der Waals surface area contributed by atoms with E-state index >= 15 is 0 Å². The Morgan fingerprint density at radius 1 is 1.50 bits per heavy atom. The molecule has 0 saturated heterocycles. The first-order valence-corrected chi connectivity index (χ1v) is 5.93. The summed E-state index contributed by atoms with van der Waals surface area (Å²) in [6, 6.07) is 1.86. The molecular formula is C12H14O3S. The van der Waals surface area contributed by atoms with Crippen LogP contribution in [0.2, 0.25) is 0 Å². The monoisotopic (exact) mass is 238 g/mol. The van der Waals surface area contributed by atoms with Gasteiger partial charge < -0.3 is 4.74 Å². The third-order valence-electron chi connectivity index (χ3n) is 1.90. The van der Waals surface area contributed by atoms with Crippen LogP contribution < -0.4 is 0 Å². The normalized spacial score (nSPS) is 10.6. The second kappa shape index (κ2) is 6.23. The molecule has 1 aromatic heterocycles. The van der Waals surface area contributed by atoms with Crippen molar-refractivity contribution < 1.29 is 14.3 Å².